The van der Waals surface area contributed by atoms with Crippen LogP contribution >= 0.6 is 11.3 Å². The maximum absolute atomic E-state index is 15.4. The van der Waals surface area contributed by atoms with Crippen LogP contribution in [0.25, 0.3) is 10.2 Å². The van der Waals surface area contributed by atoms with Gasteiger partial charge in [0.15, 0.2) is 17.4 Å². The van der Waals surface area contributed by atoms with Crippen LogP contribution in [0.1, 0.15) is 47.6 Å². The maximum Gasteiger partial charge on any atom is 0.320 e. The first-order chi connectivity index (χ1) is 18.4. The van der Waals surface area contributed by atoms with E-state index in [0.29, 0.717) is 0 Å². The van der Waals surface area contributed by atoms with Crippen molar-refractivity contribution in [2.24, 2.45) is 0 Å². The zero-order chi connectivity index (χ0) is 28.2. The number of piperidine rings is 1. The number of carbonyl (C=O) groups excluding carboxylic acids is 4. The van der Waals surface area contributed by atoms with Gasteiger partial charge >= 0.3 is 6.03 Å². The lowest BCUT2D eigenvalue weighted by Crippen LogP contribution is -2.52. The Labute approximate surface area is 223 Å². The number of carbonyl (C=O) groups is 4. The zero-order valence-electron chi connectivity index (χ0n) is 20.9. The third kappa shape index (κ3) is 4.54. The van der Waals surface area contributed by atoms with E-state index in [-0.39, 0.29) is 57.2 Å². The van der Waals surface area contributed by atoms with Crippen molar-refractivity contribution in [3.05, 3.63) is 51.8 Å². The Hall–Kier alpha value is -4.20. The minimum Gasteiger partial charge on any atom is -0.493 e. The molecule has 0 aliphatic carbocycles. The predicted octanol–water partition coefficient (Wildman–Crippen LogP) is 3.54. The summed E-state index contributed by atoms with van der Waals surface area (Å²) in [4.78, 5) is 54.8. The molecular formula is C25H22F3N5O5S. The van der Waals surface area contributed by atoms with Gasteiger partial charge in [0.2, 0.25) is 17.6 Å². The van der Waals surface area contributed by atoms with Gasteiger partial charge in [0.25, 0.3) is 5.91 Å². The Morgan fingerprint density at radius 3 is 2.62 bits per heavy atom. The molecular weight excluding hydrogens is 539 g/mol. The number of aromatic nitrogens is 1. The van der Waals surface area contributed by atoms with E-state index < -0.39 is 52.8 Å². The van der Waals surface area contributed by atoms with Gasteiger partial charge in [-0.25, -0.2) is 18.6 Å². The third-order valence-corrected chi connectivity index (χ3v) is 8.00. The number of amides is 5. The van der Waals surface area contributed by atoms with Crippen LogP contribution in [0.3, 0.4) is 0 Å². The Morgan fingerprint density at radius 1 is 1.18 bits per heavy atom. The molecule has 3 heterocycles. The topological polar surface area (TPSA) is 130 Å². The molecule has 1 atom stereocenters. The van der Waals surface area contributed by atoms with Gasteiger partial charge in [0.05, 0.1) is 35.1 Å². The van der Waals surface area contributed by atoms with Crippen molar-refractivity contribution in [1.29, 1.82) is 0 Å². The van der Waals surface area contributed by atoms with E-state index in [1.54, 1.807) is 13.8 Å². The van der Waals surface area contributed by atoms with Crippen molar-refractivity contribution >= 4 is 51.0 Å². The number of urea groups is 1. The second kappa shape index (κ2) is 9.52. The summed E-state index contributed by atoms with van der Waals surface area (Å²) >= 11 is 0.851. The molecule has 1 fully saturated rings. The number of hydrogen-bond acceptors (Lipinski definition) is 7. The van der Waals surface area contributed by atoms with Crippen LogP contribution in [0.15, 0.2) is 18.2 Å². The van der Waals surface area contributed by atoms with Crippen LogP contribution in [0, 0.1) is 17.5 Å². The molecule has 1 unspecified atom stereocenters. The highest BCUT2D eigenvalue weighted by Gasteiger charge is 2.40. The molecule has 10 nitrogen and oxygen atoms in total. The molecule has 3 N–H and O–H groups in total. The number of thiazole rings is 1. The number of benzene rings is 2. The smallest absolute Gasteiger partial charge is 0.320 e. The lowest BCUT2D eigenvalue weighted by Gasteiger charge is -2.29. The van der Waals surface area contributed by atoms with Crippen LogP contribution < -0.4 is 20.7 Å². The van der Waals surface area contributed by atoms with E-state index in [9.17, 15) is 28.0 Å². The average Bonchev–Trinajstić information content (AvgIpc) is 3.45. The number of nitrogens with zero attached hydrogens (tertiary/aromatic N) is 2. The first-order valence-electron chi connectivity index (χ1n) is 11.8. The molecule has 1 saturated heterocycles. The lowest BCUT2D eigenvalue weighted by atomic mass is 10.0. The van der Waals surface area contributed by atoms with Crippen molar-refractivity contribution in [2.75, 3.05) is 12.4 Å². The van der Waals surface area contributed by atoms with E-state index in [0.717, 1.165) is 11.3 Å². The maximum atomic E-state index is 15.4. The zero-order valence-corrected chi connectivity index (χ0v) is 21.7. The van der Waals surface area contributed by atoms with Gasteiger partial charge in [-0.15, -0.1) is 11.3 Å². The van der Waals surface area contributed by atoms with Crippen LogP contribution in [0.4, 0.5) is 23.7 Å². The average molecular weight is 562 g/mol. The molecule has 14 heteroatoms. The molecule has 3 aromatic rings. The van der Waals surface area contributed by atoms with Crippen LogP contribution in [0.5, 0.6) is 5.75 Å². The van der Waals surface area contributed by atoms with Gasteiger partial charge in [-0.3, -0.25) is 19.7 Å². The highest BCUT2D eigenvalue weighted by atomic mass is 32.1. The largest absolute Gasteiger partial charge is 0.493 e. The van der Waals surface area contributed by atoms with Gasteiger partial charge < -0.3 is 20.3 Å². The Morgan fingerprint density at radius 2 is 1.92 bits per heavy atom. The molecule has 5 rings (SSSR count). The predicted molar refractivity (Wildman–Crippen MR) is 134 cm³/mol. The summed E-state index contributed by atoms with van der Waals surface area (Å²) in [6, 6.07) is 2.12. The molecule has 0 saturated carbocycles. The number of ether oxygens (including phenoxy) is 1. The highest BCUT2D eigenvalue weighted by Crippen LogP contribution is 2.36. The molecule has 39 heavy (non-hydrogen) atoms. The Kier molecular flexibility index (Phi) is 6.45. The van der Waals surface area contributed by atoms with Crippen LogP contribution in [-0.4, -0.2) is 46.8 Å². The quantitative estimate of drug-likeness (QED) is 0.409. The van der Waals surface area contributed by atoms with E-state index >= 15 is 4.39 Å². The van der Waals surface area contributed by atoms with E-state index in [4.69, 9.17) is 4.74 Å². The van der Waals surface area contributed by atoms with Gasteiger partial charge in [-0.2, -0.15) is 4.39 Å². The fraction of sp³-hybridized carbons (Fsp3) is 0.320. The summed E-state index contributed by atoms with van der Waals surface area (Å²) in [7, 11) is 1.20. The third-order valence-electron chi connectivity index (χ3n) is 6.61. The minimum atomic E-state index is -1.17. The number of nitrogens with one attached hydrogen (secondary N) is 3. The molecule has 1 aromatic heterocycles. The molecule has 0 bridgehead atoms. The lowest BCUT2D eigenvalue weighted by molar-refractivity contribution is -0.136. The first kappa shape index (κ1) is 26.4. The number of anilines is 1. The van der Waals surface area contributed by atoms with Crippen molar-refractivity contribution in [1.82, 2.24) is 20.5 Å². The fourth-order valence-electron chi connectivity index (χ4n) is 4.59. The Bertz CT molecular complexity index is 1570. The molecule has 5 amide bonds. The number of hydrogen-bond donors (Lipinski definition) is 3. The van der Waals surface area contributed by atoms with Crippen LogP contribution in [0.2, 0.25) is 0 Å². The number of methoxy groups -OCH3 is 1. The van der Waals surface area contributed by atoms with Crippen molar-refractivity contribution in [2.45, 2.75) is 44.8 Å². The fourth-order valence-corrected chi connectivity index (χ4v) is 5.62. The van der Waals surface area contributed by atoms with E-state index in [1.807, 2.05) is 0 Å². The second-order valence-electron chi connectivity index (χ2n) is 9.63. The summed E-state index contributed by atoms with van der Waals surface area (Å²) in [5, 5.41) is 7.49. The van der Waals surface area contributed by atoms with Gasteiger partial charge in [-0.1, -0.05) is 0 Å². The summed E-state index contributed by atoms with van der Waals surface area (Å²) in [6.45, 7) is 2.98. The van der Waals surface area contributed by atoms with Crippen molar-refractivity contribution in [3.63, 3.8) is 0 Å². The van der Waals surface area contributed by atoms with Crippen molar-refractivity contribution in [3.8, 4) is 5.75 Å². The van der Waals surface area contributed by atoms with Gasteiger partial charge in [0.1, 0.15) is 11.0 Å². The number of fused-ring (bicyclic) bond motifs is 2. The normalized spacial score (nSPS) is 17.3. The highest BCUT2D eigenvalue weighted by molar-refractivity contribution is 7.18. The van der Waals surface area contributed by atoms with E-state index in [1.165, 1.54) is 30.2 Å². The molecule has 2 aromatic carbocycles. The van der Waals surface area contributed by atoms with Crippen LogP contribution in [-0.2, 0) is 21.7 Å². The standard InChI is InChI=1S/C25H22F3N5O5S/c1-25(2,23-29-13-8-15(38-3)18(27)19(28)20(13)39-23)32-24(37)30-12-5-4-10-11(17(12)26)9-33(22(10)36)14-6-7-16(34)31-21(14)35/h4-5,8,14H,6-7,9H2,1-3H3,(H2,30,32,37)(H,31,34,35). The number of rotatable bonds is 5. The summed E-state index contributed by atoms with van der Waals surface area (Å²) in [5.41, 5.74) is -1.16. The summed E-state index contributed by atoms with van der Waals surface area (Å²) in [6.07, 6.45) is 0.190. The minimum absolute atomic E-state index is 0.0133. The molecule has 0 spiro atoms. The first-order valence-corrected chi connectivity index (χ1v) is 12.6. The monoisotopic (exact) mass is 561 g/mol. The number of halogens is 3. The van der Waals surface area contributed by atoms with Gasteiger partial charge in [0, 0.05) is 23.6 Å². The SMILES string of the molecule is COc1cc2nc(C(C)(C)NC(=O)Nc3ccc4c(c3F)CN(C3CCC(=O)NC3=O)C4=O)sc2c(F)c1F. The Balaban J connectivity index is 1.33. The summed E-state index contributed by atoms with van der Waals surface area (Å²) in [5.74, 6) is -5.01. The molecule has 2 aliphatic rings. The summed E-state index contributed by atoms with van der Waals surface area (Å²) < 4.78 is 48.8. The molecule has 0 radical (unpaired) electrons. The van der Waals surface area contributed by atoms with Gasteiger partial charge in [-0.05, 0) is 32.4 Å². The second-order valence-corrected chi connectivity index (χ2v) is 10.6. The van der Waals surface area contributed by atoms with E-state index in [2.05, 4.69) is 20.9 Å². The van der Waals surface area contributed by atoms with Crippen molar-refractivity contribution < 1.29 is 37.1 Å². The molecule has 2 aliphatic heterocycles. The number of imide groups is 1. The molecule has 204 valence electrons.